The molecular formula is C31H30N4O4. The van der Waals surface area contributed by atoms with Crippen LogP contribution in [0.4, 0.5) is 4.79 Å². The first-order valence-electron chi connectivity index (χ1n) is 13.3. The van der Waals surface area contributed by atoms with Crippen molar-refractivity contribution in [3.63, 3.8) is 0 Å². The van der Waals surface area contributed by atoms with Gasteiger partial charge in [-0.25, -0.2) is 4.79 Å². The lowest BCUT2D eigenvalue weighted by molar-refractivity contribution is -0.142. The number of carbonyl (C=O) groups is 3. The molecule has 2 atom stereocenters. The topological polar surface area (TPSA) is 82.2 Å². The molecule has 3 heterocycles. The van der Waals surface area contributed by atoms with Gasteiger partial charge in [0, 0.05) is 20.1 Å². The van der Waals surface area contributed by atoms with Crippen LogP contribution in [-0.4, -0.2) is 59.2 Å². The van der Waals surface area contributed by atoms with E-state index in [1.54, 1.807) is 11.9 Å². The number of ether oxygens (including phenoxy) is 1. The van der Waals surface area contributed by atoms with Crippen LogP contribution in [0.2, 0.25) is 0 Å². The van der Waals surface area contributed by atoms with E-state index >= 15 is 0 Å². The average Bonchev–Trinajstić information content (AvgIpc) is 3.62. The van der Waals surface area contributed by atoms with Gasteiger partial charge in [0.15, 0.2) is 0 Å². The fraction of sp³-hybridized carbons (Fsp3) is 0.258. The molecule has 0 spiro atoms. The van der Waals surface area contributed by atoms with E-state index in [4.69, 9.17) is 4.74 Å². The molecule has 198 valence electrons. The molecule has 3 aliphatic rings. The Hall–Kier alpha value is -4.59. The second-order valence-corrected chi connectivity index (χ2v) is 10.1. The number of para-hydroxylation sites is 1. The van der Waals surface area contributed by atoms with Crippen LogP contribution in [0.1, 0.15) is 36.1 Å². The largest absolute Gasteiger partial charge is 0.457 e. The van der Waals surface area contributed by atoms with Crippen LogP contribution >= 0.6 is 0 Å². The van der Waals surface area contributed by atoms with E-state index < -0.39 is 12.1 Å². The van der Waals surface area contributed by atoms with Crippen LogP contribution in [0.15, 0.2) is 96.2 Å². The van der Waals surface area contributed by atoms with Gasteiger partial charge in [0.05, 0.1) is 23.9 Å². The molecule has 0 bridgehead atoms. The molecule has 39 heavy (non-hydrogen) atoms. The maximum atomic E-state index is 14.2. The first-order chi connectivity index (χ1) is 19.0. The standard InChI is InChI=1S/C31H30N4O4/c1-33-25-20-35(28(21-11-4-2-5-12-21)30(37)34-17-8-9-18-34)29(36)26(25)27(32-31(33)38)22-13-10-16-24(19-22)39-23-14-6-3-7-15-23/h2-7,10-16,19,27-28H,8-9,17-18,20H2,1H3,(H,32,38)/t27-,28-/m1/s1. The Morgan fingerprint density at radius 2 is 1.56 bits per heavy atom. The van der Waals surface area contributed by atoms with Gasteiger partial charge in [-0.3, -0.25) is 14.5 Å². The molecule has 1 saturated heterocycles. The number of likely N-dealkylation sites (N-methyl/N-ethyl adjacent to an activating group) is 1. The minimum absolute atomic E-state index is 0.0800. The number of carbonyl (C=O) groups excluding carboxylic acids is 3. The van der Waals surface area contributed by atoms with Crippen LogP contribution < -0.4 is 10.1 Å². The van der Waals surface area contributed by atoms with Gasteiger partial charge < -0.3 is 19.9 Å². The van der Waals surface area contributed by atoms with Crippen molar-refractivity contribution in [1.29, 1.82) is 0 Å². The lowest BCUT2D eigenvalue weighted by Crippen LogP contribution is -2.45. The Morgan fingerprint density at radius 3 is 2.28 bits per heavy atom. The smallest absolute Gasteiger partial charge is 0.322 e. The highest BCUT2D eigenvalue weighted by Gasteiger charge is 2.47. The highest BCUT2D eigenvalue weighted by molar-refractivity contribution is 6.03. The number of likely N-dealkylation sites (tertiary alicyclic amines) is 1. The van der Waals surface area contributed by atoms with Gasteiger partial charge in [0.1, 0.15) is 17.5 Å². The molecule has 0 radical (unpaired) electrons. The van der Waals surface area contributed by atoms with E-state index in [2.05, 4.69) is 5.32 Å². The fourth-order valence-corrected chi connectivity index (χ4v) is 5.63. The van der Waals surface area contributed by atoms with E-state index in [1.165, 1.54) is 4.90 Å². The zero-order valence-corrected chi connectivity index (χ0v) is 21.7. The van der Waals surface area contributed by atoms with Gasteiger partial charge in [-0.15, -0.1) is 0 Å². The van der Waals surface area contributed by atoms with Crippen LogP contribution in [0.25, 0.3) is 0 Å². The third kappa shape index (κ3) is 4.63. The maximum absolute atomic E-state index is 14.2. The minimum Gasteiger partial charge on any atom is -0.457 e. The molecule has 0 aliphatic carbocycles. The number of benzene rings is 3. The van der Waals surface area contributed by atoms with Crippen molar-refractivity contribution in [1.82, 2.24) is 20.0 Å². The van der Waals surface area contributed by atoms with Crippen LogP contribution in [0, 0.1) is 0 Å². The monoisotopic (exact) mass is 522 g/mol. The van der Waals surface area contributed by atoms with Crippen molar-refractivity contribution in [2.24, 2.45) is 0 Å². The van der Waals surface area contributed by atoms with Crippen molar-refractivity contribution in [3.05, 3.63) is 107 Å². The third-order valence-corrected chi connectivity index (χ3v) is 7.64. The summed E-state index contributed by atoms with van der Waals surface area (Å²) in [7, 11) is 1.66. The number of nitrogens with zero attached hydrogens (tertiary/aromatic N) is 3. The van der Waals surface area contributed by atoms with Gasteiger partial charge >= 0.3 is 6.03 Å². The highest BCUT2D eigenvalue weighted by Crippen LogP contribution is 2.40. The van der Waals surface area contributed by atoms with Gasteiger partial charge in [0.25, 0.3) is 5.91 Å². The molecule has 0 saturated carbocycles. The highest BCUT2D eigenvalue weighted by atomic mass is 16.5. The molecule has 3 aromatic carbocycles. The summed E-state index contributed by atoms with van der Waals surface area (Å²) in [6.07, 6.45) is 1.92. The number of amides is 4. The van der Waals surface area contributed by atoms with Crippen molar-refractivity contribution < 1.29 is 19.1 Å². The summed E-state index contributed by atoms with van der Waals surface area (Å²) in [6.45, 7) is 1.55. The zero-order valence-electron chi connectivity index (χ0n) is 21.7. The van der Waals surface area contributed by atoms with E-state index in [1.807, 2.05) is 89.8 Å². The SMILES string of the molecule is CN1C(=O)N[C@H](c2cccc(Oc3ccccc3)c2)C2=C1CN([C@@H](C(=O)N1CCCC1)c1ccccc1)C2=O. The molecule has 8 heteroatoms. The summed E-state index contributed by atoms with van der Waals surface area (Å²) >= 11 is 0. The summed E-state index contributed by atoms with van der Waals surface area (Å²) in [5, 5.41) is 2.99. The molecule has 0 unspecified atom stereocenters. The summed E-state index contributed by atoms with van der Waals surface area (Å²) in [5.41, 5.74) is 2.58. The minimum atomic E-state index is -0.765. The Labute approximate surface area is 227 Å². The predicted molar refractivity (Wildman–Crippen MR) is 146 cm³/mol. The van der Waals surface area contributed by atoms with Gasteiger partial charge in [0.2, 0.25) is 5.91 Å². The number of nitrogens with one attached hydrogen (secondary N) is 1. The second kappa shape index (κ2) is 10.3. The number of hydrogen-bond donors (Lipinski definition) is 1. The first kappa shape index (κ1) is 24.7. The molecule has 6 rings (SSSR count). The molecule has 0 aromatic heterocycles. The number of hydrogen-bond acceptors (Lipinski definition) is 4. The van der Waals surface area contributed by atoms with E-state index in [0.29, 0.717) is 35.9 Å². The van der Waals surface area contributed by atoms with Crippen molar-refractivity contribution >= 4 is 17.8 Å². The first-order valence-corrected chi connectivity index (χ1v) is 13.3. The number of urea groups is 1. The molecule has 1 fully saturated rings. The van der Waals surface area contributed by atoms with E-state index in [-0.39, 0.29) is 24.4 Å². The average molecular weight is 523 g/mol. The Bertz CT molecular complexity index is 1430. The quantitative estimate of drug-likeness (QED) is 0.512. The Balaban J connectivity index is 1.35. The molecular weight excluding hydrogens is 492 g/mol. The van der Waals surface area contributed by atoms with E-state index in [9.17, 15) is 14.4 Å². The lowest BCUT2D eigenvalue weighted by atomic mass is 9.95. The van der Waals surface area contributed by atoms with Crippen molar-refractivity contribution in [3.8, 4) is 11.5 Å². The van der Waals surface area contributed by atoms with Gasteiger partial charge in [-0.05, 0) is 48.2 Å². The normalized spacial score (nSPS) is 19.7. The number of rotatable bonds is 6. The molecule has 1 N–H and O–H groups in total. The predicted octanol–water partition coefficient (Wildman–Crippen LogP) is 4.64. The fourth-order valence-electron chi connectivity index (χ4n) is 5.63. The summed E-state index contributed by atoms with van der Waals surface area (Å²) < 4.78 is 6.02. The molecule has 3 aliphatic heterocycles. The molecule has 3 aromatic rings. The third-order valence-electron chi connectivity index (χ3n) is 7.64. The van der Waals surface area contributed by atoms with Crippen LogP contribution in [0.5, 0.6) is 11.5 Å². The second-order valence-electron chi connectivity index (χ2n) is 10.1. The van der Waals surface area contributed by atoms with Crippen LogP contribution in [0.3, 0.4) is 0 Å². The Morgan fingerprint density at radius 1 is 0.897 bits per heavy atom. The van der Waals surface area contributed by atoms with E-state index in [0.717, 1.165) is 24.0 Å². The van der Waals surface area contributed by atoms with Gasteiger partial charge in [-0.2, -0.15) is 0 Å². The van der Waals surface area contributed by atoms with Crippen molar-refractivity contribution in [2.75, 3.05) is 26.7 Å². The lowest BCUT2D eigenvalue weighted by Gasteiger charge is -2.31. The zero-order chi connectivity index (χ0) is 26.9. The Kier molecular flexibility index (Phi) is 6.52. The summed E-state index contributed by atoms with van der Waals surface area (Å²) in [4.78, 5) is 46.0. The van der Waals surface area contributed by atoms with Gasteiger partial charge in [-0.1, -0.05) is 60.7 Å². The summed E-state index contributed by atoms with van der Waals surface area (Å²) in [5.74, 6) is 0.959. The molecule has 8 nitrogen and oxygen atoms in total. The molecule has 4 amide bonds. The van der Waals surface area contributed by atoms with Crippen LogP contribution in [-0.2, 0) is 9.59 Å². The maximum Gasteiger partial charge on any atom is 0.322 e. The van der Waals surface area contributed by atoms with Crippen molar-refractivity contribution in [2.45, 2.75) is 24.9 Å². The summed E-state index contributed by atoms with van der Waals surface area (Å²) in [6, 6.07) is 24.5.